The van der Waals surface area contributed by atoms with Crippen LogP contribution >= 0.6 is 0 Å². The number of hydrogen-bond acceptors (Lipinski definition) is 15. The van der Waals surface area contributed by atoms with Crippen LogP contribution in [0.1, 0.15) is 25.7 Å². The second-order valence-corrected chi connectivity index (χ2v) is 11.6. The van der Waals surface area contributed by atoms with Crippen molar-refractivity contribution in [2.24, 2.45) is 40.3 Å². The van der Waals surface area contributed by atoms with Crippen molar-refractivity contribution >= 4 is 0 Å². The van der Waals surface area contributed by atoms with Crippen LogP contribution < -0.4 is 34.4 Å². The molecule has 0 amide bonds. The molecule has 17 atom stereocenters. The van der Waals surface area contributed by atoms with Gasteiger partial charge in [-0.25, -0.2) is 8.78 Å². The van der Waals surface area contributed by atoms with Gasteiger partial charge >= 0.3 is 0 Å². The third-order valence-corrected chi connectivity index (χ3v) is 8.74. The molecule has 4 aliphatic rings. The Morgan fingerprint density at radius 1 is 0.829 bits per heavy atom. The van der Waals surface area contributed by atoms with Gasteiger partial charge in [0.2, 0.25) is 0 Å². The van der Waals surface area contributed by atoms with Crippen LogP contribution in [0.3, 0.4) is 0 Å². The second-order valence-electron chi connectivity index (χ2n) is 11.6. The molecule has 16 N–H and O–H groups in total. The van der Waals surface area contributed by atoms with Crippen molar-refractivity contribution in [2.75, 3.05) is 13.2 Å². The Morgan fingerprint density at radius 3 is 2.15 bits per heavy atom. The quantitative estimate of drug-likeness (QED) is 0.119. The molecular formula is C24H46F2N6O9. The van der Waals surface area contributed by atoms with Gasteiger partial charge in [-0.2, -0.15) is 0 Å². The van der Waals surface area contributed by atoms with Gasteiger partial charge in [0.25, 0.3) is 6.43 Å². The Bertz CT molecular complexity index is 844. The average molecular weight is 601 g/mol. The van der Waals surface area contributed by atoms with E-state index < -0.39 is 117 Å². The van der Waals surface area contributed by atoms with E-state index in [9.17, 15) is 29.2 Å². The summed E-state index contributed by atoms with van der Waals surface area (Å²) in [5.74, 6) is -0.841. The molecule has 0 aromatic carbocycles. The first kappa shape index (κ1) is 33.2. The number of rotatable bonds is 9. The molecular weight excluding hydrogens is 554 g/mol. The first-order valence-electron chi connectivity index (χ1n) is 14.1. The van der Waals surface area contributed by atoms with Crippen molar-refractivity contribution in [3.8, 4) is 0 Å². The smallest absolute Gasteiger partial charge is 0.256 e. The van der Waals surface area contributed by atoms with Gasteiger partial charge in [0.05, 0.1) is 55.3 Å². The number of alkyl halides is 2. The van der Waals surface area contributed by atoms with Crippen LogP contribution in [0.5, 0.6) is 0 Å². The molecule has 0 bridgehead atoms. The van der Waals surface area contributed by atoms with Crippen LogP contribution in [-0.2, 0) is 23.7 Å². The number of halogens is 2. The molecule has 1 unspecified atom stereocenters. The van der Waals surface area contributed by atoms with Gasteiger partial charge in [-0.05, 0) is 19.3 Å². The van der Waals surface area contributed by atoms with Crippen molar-refractivity contribution in [3.63, 3.8) is 0 Å². The Labute approximate surface area is 236 Å². The number of aliphatic hydroxyl groups is 4. The monoisotopic (exact) mass is 600 g/mol. The molecule has 3 aliphatic heterocycles. The van der Waals surface area contributed by atoms with Gasteiger partial charge in [0.15, 0.2) is 12.6 Å². The molecule has 0 radical (unpaired) electrons. The predicted octanol–water partition coefficient (Wildman–Crippen LogP) is -4.90. The van der Waals surface area contributed by atoms with Crippen LogP contribution in [0, 0.1) is 5.92 Å². The molecule has 3 saturated heterocycles. The fourth-order valence-corrected chi connectivity index (χ4v) is 6.30. The number of hydrogen-bond donors (Lipinski definition) is 10. The largest absolute Gasteiger partial charge is 0.394 e. The molecule has 3 heterocycles. The lowest BCUT2D eigenvalue weighted by molar-refractivity contribution is -0.257. The van der Waals surface area contributed by atoms with Crippen molar-refractivity contribution in [1.82, 2.24) is 0 Å². The lowest BCUT2D eigenvalue weighted by Gasteiger charge is -2.50. The maximum Gasteiger partial charge on any atom is 0.256 e. The van der Waals surface area contributed by atoms with E-state index in [1.165, 1.54) is 0 Å². The Balaban J connectivity index is 1.52. The summed E-state index contributed by atoms with van der Waals surface area (Å²) in [5.41, 5.74) is 36.3. The van der Waals surface area contributed by atoms with Gasteiger partial charge in [-0.15, -0.1) is 0 Å². The molecule has 0 aromatic rings. The summed E-state index contributed by atoms with van der Waals surface area (Å²) in [6, 6.07) is -4.71. The molecule has 240 valence electrons. The fourth-order valence-electron chi connectivity index (χ4n) is 6.30. The Kier molecular flexibility index (Phi) is 11.3. The molecule has 1 aliphatic carbocycles. The van der Waals surface area contributed by atoms with E-state index in [1.54, 1.807) is 0 Å². The minimum absolute atomic E-state index is 0.0957. The van der Waals surface area contributed by atoms with Crippen molar-refractivity contribution < 1.29 is 52.9 Å². The molecule has 0 spiro atoms. The maximum atomic E-state index is 13.4. The van der Waals surface area contributed by atoms with Gasteiger partial charge < -0.3 is 78.5 Å². The molecule has 4 rings (SSSR count). The second kappa shape index (κ2) is 13.9. The van der Waals surface area contributed by atoms with E-state index in [0.717, 1.165) is 0 Å². The first-order valence-corrected chi connectivity index (χ1v) is 14.1. The predicted molar refractivity (Wildman–Crippen MR) is 138 cm³/mol. The van der Waals surface area contributed by atoms with Crippen molar-refractivity contribution in [1.29, 1.82) is 0 Å². The minimum Gasteiger partial charge on any atom is -0.394 e. The molecule has 15 nitrogen and oxygen atoms in total. The summed E-state index contributed by atoms with van der Waals surface area (Å²) in [7, 11) is 0. The van der Waals surface area contributed by atoms with Crippen LogP contribution in [-0.4, -0.2) is 138 Å². The van der Waals surface area contributed by atoms with Gasteiger partial charge in [-0.3, -0.25) is 0 Å². The highest BCUT2D eigenvalue weighted by molar-refractivity contribution is 5.05. The molecule has 4 fully saturated rings. The van der Waals surface area contributed by atoms with E-state index in [4.69, 9.17) is 58.1 Å². The van der Waals surface area contributed by atoms with Crippen LogP contribution in [0.4, 0.5) is 8.78 Å². The first-order chi connectivity index (χ1) is 19.4. The zero-order valence-electron chi connectivity index (χ0n) is 22.7. The SMILES string of the molecule is NC[C@H]1C[C@H](O)[C@@H](N)[C@@H](O[C@H]2[C@@H](O)[C@H](O[C@H]3C([C@H]4O[C@H]([C@@H](N)C(F)F)CC[C@H]4N)[C@@H](N)C[C@@H](N)[C@@H]3O)O[C@@H]2CO)O1. The van der Waals surface area contributed by atoms with E-state index in [2.05, 4.69) is 0 Å². The maximum absolute atomic E-state index is 13.4. The summed E-state index contributed by atoms with van der Waals surface area (Å²) >= 11 is 0. The zero-order valence-corrected chi connectivity index (χ0v) is 22.7. The minimum atomic E-state index is -2.82. The van der Waals surface area contributed by atoms with E-state index in [0.29, 0.717) is 6.42 Å². The van der Waals surface area contributed by atoms with E-state index in [1.807, 2.05) is 0 Å². The topological polar surface area (TPSA) is 283 Å². The highest BCUT2D eigenvalue weighted by atomic mass is 19.3. The van der Waals surface area contributed by atoms with Gasteiger partial charge in [0.1, 0.15) is 18.3 Å². The summed E-state index contributed by atoms with van der Waals surface area (Å²) < 4.78 is 56.1. The fraction of sp³-hybridized carbons (Fsp3) is 1.00. The van der Waals surface area contributed by atoms with E-state index in [-0.39, 0.29) is 25.8 Å². The van der Waals surface area contributed by atoms with Crippen molar-refractivity contribution in [2.45, 2.75) is 130 Å². The number of nitrogens with two attached hydrogens (primary N) is 6. The van der Waals surface area contributed by atoms with Crippen LogP contribution in [0.15, 0.2) is 0 Å². The number of ether oxygens (including phenoxy) is 5. The highest BCUT2D eigenvalue weighted by Gasteiger charge is 2.54. The van der Waals surface area contributed by atoms with Crippen LogP contribution in [0.25, 0.3) is 0 Å². The summed E-state index contributed by atoms with van der Waals surface area (Å²) in [4.78, 5) is 0. The van der Waals surface area contributed by atoms with Gasteiger partial charge in [-0.1, -0.05) is 0 Å². The highest BCUT2D eigenvalue weighted by Crippen LogP contribution is 2.38. The summed E-state index contributed by atoms with van der Waals surface area (Å²) in [6.07, 6.45) is -14.4. The third kappa shape index (κ3) is 7.00. The molecule has 0 aromatic heterocycles. The zero-order chi connectivity index (χ0) is 30.2. The normalized spacial score (nSPS) is 50.3. The third-order valence-electron chi connectivity index (χ3n) is 8.74. The summed E-state index contributed by atoms with van der Waals surface area (Å²) in [5, 5.41) is 42.5. The lowest BCUT2D eigenvalue weighted by Crippen LogP contribution is -2.67. The van der Waals surface area contributed by atoms with E-state index >= 15 is 0 Å². The molecule has 1 saturated carbocycles. The average Bonchev–Trinajstić information content (AvgIpc) is 3.23. The molecule has 41 heavy (non-hydrogen) atoms. The number of aliphatic hydroxyl groups excluding tert-OH is 4. The van der Waals surface area contributed by atoms with Crippen molar-refractivity contribution in [3.05, 3.63) is 0 Å². The summed E-state index contributed by atoms with van der Waals surface area (Å²) in [6.45, 7) is -0.496. The van der Waals surface area contributed by atoms with Gasteiger partial charge in [0, 0.05) is 37.0 Å². The Morgan fingerprint density at radius 2 is 1.51 bits per heavy atom. The molecule has 17 heteroatoms. The van der Waals surface area contributed by atoms with Crippen LogP contribution in [0.2, 0.25) is 0 Å². The lowest BCUT2D eigenvalue weighted by atomic mass is 9.72. The Hall–Kier alpha value is -0.740. The standard InChI is InChI=1S/C24H46F2N6O9/c25-22(26)16(32)12-2-1-8(28)19(38-12)14-9(29)4-10(30)17(35)21(14)41-24-18(36)20(13(6-33)39-24)40-23-15(31)11(34)3-7(5-27)37-23/h7-24,33-36H,1-6,27-32H2/t7-,8-,9+,10-,11+,12+,13-,14?,15-,16-,17+,18-,19+,20-,21+,23-,24+/m1/s1.